The monoisotopic (exact) mass is 1790 g/mol. The Hall–Kier alpha value is -18.8. The Balaban J connectivity index is 0.531. The molecule has 0 bridgehead atoms. The van der Waals surface area contributed by atoms with E-state index >= 15 is 0 Å². The fourth-order valence-corrected chi connectivity index (χ4v) is 21.3. The van der Waals surface area contributed by atoms with Crippen molar-refractivity contribution in [2.24, 2.45) is 0 Å². The minimum atomic E-state index is 1.02. The van der Waals surface area contributed by atoms with Crippen LogP contribution in [0.15, 0.2) is 546 Å². The summed E-state index contributed by atoms with van der Waals surface area (Å²) in [4.78, 5) is 9.46. The van der Waals surface area contributed by atoms with Gasteiger partial charge in [0.2, 0.25) is 0 Å². The van der Waals surface area contributed by atoms with Gasteiger partial charge in [-0.25, -0.2) is 0 Å². The van der Waals surface area contributed by atoms with Crippen molar-refractivity contribution < 1.29 is 0 Å². The van der Waals surface area contributed by atoms with Gasteiger partial charge in [0.25, 0.3) is 0 Å². The molecule has 0 amide bonds. The summed E-state index contributed by atoms with van der Waals surface area (Å²) in [5.41, 5.74) is 37.9. The van der Waals surface area contributed by atoms with Gasteiger partial charge in [0.1, 0.15) is 0 Å². The molecular formula is C132H90N8. The van der Waals surface area contributed by atoms with Crippen LogP contribution >= 0.6 is 0 Å². The Morgan fingerprint density at radius 3 is 0.464 bits per heavy atom. The normalized spacial score (nSPS) is 11.6. The van der Waals surface area contributed by atoms with Gasteiger partial charge >= 0.3 is 0 Å². The smallest absolute Gasteiger partial charge is 0.0541 e. The third-order valence-electron chi connectivity index (χ3n) is 28.0. The van der Waals surface area contributed by atoms with Gasteiger partial charge in [-0.1, -0.05) is 291 Å². The van der Waals surface area contributed by atoms with Crippen molar-refractivity contribution in [1.29, 1.82) is 0 Å². The third-order valence-corrected chi connectivity index (χ3v) is 28.0. The summed E-state index contributed by atoms with van der Waals surface area (Å²) in [6.45, 7) is 0. The fraction of sp³-hybridized carbons (Fsp3) is 0. The third kappa shape index (κ3) is 14.7. The zero-order valence-corrected chi connectivity index (χ0v) is 76.5. The van der Waals surface area contributed by atoms with Crippen LogP contribution < -0.4 is 19.6 Å². The van der Waals surface area contributed by atoms with Crippen LogP contribution in [0, 0.1) is 0 Å². The predicted octanol–water partition coefficient (Wildman–Crippen LogP) is 36.3. The number of rotatable bonds is 21. The minimum absolute atomic E-state index is 1.02. The lowest BCUT2D eigenvalue weighted by molar-refractivity contribution is 1.18. The van der Waals surface area contributed by atoms with Gasteiger partial charge in [0, 0.05) is 134 Å². The van der Waals surface area contributed by atoms with Crippen molar-refractivity contribution in [3.05, 3.63) is 546 Å². The number of hydrogen-bond donors (Lipinski definition) is 0. The average Bonchev–Trinajstić information content (AvgIpc) is 1.58. The molecule has 0 spiro atoms. The van der Waals surface area contributed by atoms with E-state index in [0.717, 1.165) is 136 Å². The molecule has 0 saturated carbocycles. The summed E-state index contributed by atoms with van der Waals surface area (Å²) in [5, 5.41) is 9.90. The summed E-state index contributed by atoms with van der Waals surface area (Å²) in [7, 11) is 0. The molecule has 22 aromatic carbocycles. The van der Waals surface area contributed by atoms with Crippen LogP contribution in [0.5, 0.6) is 0 Å². The number of hydrogen-bond acceptors (Lipinski definition) is 4. The Morgan fingerprint density at radius 1 is 0.100 bits per heavy atom. The van der Waals surface area contributed by atoms with E-state index in [4.69, 9.17) is 0 Å². The molecular weight excluding hydrogens is 1700 g/mol. The minimum Gasteiger partial charge on any atom is -0.311 e. The predicted molar refractivity (Wildman–Crippen MR) is 590 cm³/mol. The topological polar surface area (TPSA) is 32.7 Å². The second-order valence-corrected chi connectivity index (χ2v) is 36.0. The maximum absolute atomic E-state index is 2.38. The highest BCUT2D eigenvalue weighted by molar-refractivity contribution is 6.14. The molecule has 0 aliphatic heterocycles. The highest BCUT2D eigenvalue weighted by Crippen LogP contribution is 2.48. The Morgan fingerprint density at radius 2 is 0.243 bits per heavy atom. The first-order chi connectivity index (χ1) is 69.4. The summed E-state index contributed by atoms with van der Waals surface area (Å²) in [6.07, 6.45) is 0. The van der Waals surface area contributed by atoms with Gasteiger partial charge in [0.15, 0.2) is 0 Å². The van der Waals surface area contributed by atoms with E-state index in [9.17, 15) is 0 Å². The zero-order chi connectivity index (χ0) is 92.5. The van der Waals surface area contributed by atoms with Crippen molar-refractivity contribution in [3.63, 3.8) is 0 Å². The first-order valence-electron chi connectivity index (χ1n) is 47.9. The van der Waals surface area contributed by atoms with Gasteiger partial charge in [-0.3, -0.25) is 0 Å². The molecule has 0 unspecified atom stereocenters. The van der Waals surface area contributed by atoms with Crippen molar-refractivity contribution in [1.82, 2.24) is 18.3 Å². The Bertz CT molecular complexity index is 8430. The quantitative estimate of drug-likeness (QED) is 0.0718. The highest BCUT2D eigenvalue weighted by atomic mass is 15.2. The number of anilines is 12. The van der Waals surface area contributed by atoms with Crippen molar-refractivity contribution in [2.45, 2.75) is 0 Å². The molecule has 8 heteroatoms. The molecule has 0 saturated heterocycles. The standard InChI is InChI=1S/C132H90N8/c1-5-25-101(26-6-1)133(105-71-57-97(58-72-105)99-61-87-131-123(89-99)121-37-17-23-43-129(121)137(131)103-29-9-3-10-30-103)111-79-83-113(84-80-111)135(109-67-49-93(50-68-109)95-53-75-115(76-54-95)139-125-39-19-13-33-117(125)118-34-14-20-40-126(118)139)107-63-45-91(46-64-107)92-47-65-108(66-48-92)136(110-69-51-94(52-70-110)96-55-77-116(78-56-96)140-127-41-21-15-35-119(127)120-36-16-22-42-128(120)140)114-85-81-112(82-86-114)134(102-27-7-2-8-28-102)106-73-59-98(60-74-106)100-62-88-132-124(90-100)122-38-18-24-44-130(122)138(132)104-31-11-4-12-32-104/h1-90H. The lowest BCUT2D eigenvalue weighted by Crippen LogP contribution is -2.12. The van der Waals surface area contributed by atoms with E-state index < -0.39 is 0 Å². The fourth-order valence-electron chi connectivity index (χ4n) is 21.3. The van der Waals surface area contributed by atoms with Crippen LogP contribution in [0.25, 0.3) is 166 Å². The molecule has 0 aliphatic carbocycles. The molecule has 8 nitrogen and oxygen atoms in total. The van der Waals surface area contributed by atoms with Crippen LogP contribution in [0.3, 0.4) is 0 Å². The molecule has 0 N–H and O–H groups in total. The van der Waals surface area contributed by atoms with Gasteiger partial charge in [0.05, 0.1) is 44.1 Å². The van der Waals surface area contributed by atoms with Crippen LogP contribution in [0.4, 0.5) is 68.2 Å². The SMILES string of the molecule is c1ccc(N(c2ccc(-c3ccc4c(c3)c3ccccc3n4-c3ccccc3)cc2)c2ccc(N(c3ccc(-c4ccc(N(c5ccc(-c6ccc(-n7c8ccccc8c8ccccc87)cc6)cc5)c5ccc(N(c6ccccc6)c6ccc(-c7ccc8c(c7)c7ccccc7n8-c7ccccc7)cc6)cc5)cc4)cc3)c3ccc(-c4ccc(-n5c6ccccc6c6ccccc65)cc4)cc3)cc2)cc1. The molecule has 140 heavy (non-hydrogen) atoms. The summed E-state index contributed by atoms with van der Waals surface area (Å²) in [5.74, 6) is 0. The number of para-hydroxylation sites is 10. The van der Waals surface area contributed by atoms with Crippen LogP contribution in [-0.4, -0.2) is 18.3 Å². The van der Waals surface area contributed by atoms with Gasteiger partial charge < -0.3 is 37.9 Å². The summed E-state index contributed by atoms with van der Waals surface area (Å²) >= 11 is 0. The van der Waals surface area contributed by atoms with E-state index in [0.29, 0.717) is 0 Å². The Kier molecular flexibility index (Phi) is 20.4. The highest BCUT2D eigenvalue weighted by Gasteiger charge is 2.25. The first kappa shape index (κ1) is 82.0. The van der Waals surface area contributed by atoms with E-state index in [-0.39, 0.29) is 0 Å². The van der Waals surface area contributed by atoms with E-state index in [1.54, 1.807) is 0 Å². The zero-order valence-electron chi connectivity index (χ0n) is 76.5. The van der Waals surface area contributed by atoms with E-state index in [1.807, 2.05) is 0 Å². The molecule has 0 atom stereocenters. The summed E-state index contributed by atoms with van der Waals surface area (Å²) < 4.78 is 9.50. The molecule has 26 aromatic rings. The maximum Gasteiger partial charge on any atom is 0.0541 e. The molecule has 4 heterocycles. The van der Waals surface area contributed by atoms with Gasteiger partial charge in [-0.15, -0.1) is 0 Å². The Labute approximate surface area is 812 Å². The van der Waals surface area contributed by atoms with Crippen LogP contribution in [0.1, 0.15) is 0 Å². The van der Waals surface area contributed by atoms with Crippen LogP contribution in [0.2, 0.25) is 0 Å². The average molecular weight is 1790 g/mol. The molecule has 4 aromatic heterocycles. The maximum atomic E-state index is 2.38. The lowest BCUT2D eigenvalue weighted by atomic mass is 10.0. The second kappa shape index (κ2) is 34.9. The number of nitrogens with zero attached hydrogens (tertiary/aromatic N) is 8. The van der Waals surface area contributed by atoms with Gasteiger partial charge in [-0.2, -0.15) is 0 Å². The molecule has 0 radical (unpaired) electrons. The molecule has 0 fully saturated rings. The van der Waals surface area contributed by atoms with Crippen molar-refractivity contribution in [3.8, 4) is 78.4 Å². The molecule has 0 aliphatic rings. The number of benzene rings is 22. The number of fused-ring (bicyclic) bond motifs is 12. The molecule has 658 valence electrons. The lowest BCUT2D eigenvalue weighted by Gasteiger charge is -2.29. The van der Waals surface area contributed by atoms with E-state index in [2.05, 4.69) is 584 Å². The summed E-state index contributed by atoms with van der Waals surface area (Å²) in [6, 6.07) is 199. The first-order valence-corrected chi connectivity index (χ1v) is 47.9. The van der Waals surface area contributed by atoms with Gasteiger partial charge in [-0.05, 0) is 310 Å². The van der Waals surface area contributed by atoms with Crippen LogP contribution in [-0.2, 0) is 0 Å². The molecule has 26 rings (SSSR count). The van der Waals surface area contributed by atoms with Crippen molar-refractivity contribution >= 4 is 155 Å². The van der Waals surface area contributed by atoms with E-state index in [1.165, 1.54) is 98.4 Å². The van der Waals surface area contributed by atoms with Crippen molar-refractivity contribution in [2.75, 3.05) is 19.6 Å². The largest absolute Gasteiger partial charge is 0.311 e. The number of aromatic nitrogens is 4. The second-order valence-electron chi connectivity index (χ2n) is 36.0.